The fourth-order valence-corrected chi connectivity index (χ4v) is 0.981. The molecule has 1 atom stereocenters. The molecule has 5 heteroatoms. The molecule has 1 aromatic heterocycles. The second-order valence-corrected chi connectivity index (χ2v) is 2.67. The Morgan fingerprint density at radius 2 is 2.38 bits per heavy atom. The molecule has 0 spiro atoms. The molecule has 0 bridgehead atoms. The van der Waals surface area contributed by atoms with Crippen LogP contribution in [0.5, 0.6) is 0 Å². The van der Waals surface area contributed by atoms with E-state index < -0.39 is 0 Å². The molecular weight excluding hydrogens is 170 g/mol. The number of nitrogens with zero attached hydrogens (tertiary/aromatic N) is 2. The van der Waals surface area contributed by atoms with Gasteiger partial charge in [0.1, 0.15) is 6.10 Å². The lowest BCUT2D eigenvalue weighted by molar-refractivity contribution is 0.0683. The third-order valence-corrected chi connectivity index (χ3v) is 1.59. The summed E-state index contributed by atoms with van der Waals surface area (Å²) in [6.45, 7) is 5.07. The first kappa shape index (κ1) is 10.1. The van der Waals surface area contributed by atoms with Crippen molar-refractivity contribution in [1.82, 2.24) is 15.5 Å². The summed E-state index contributed by atoms with van der Waals surface area (Å²) in [5, 5.41) is 6.73. The van der Waals surface area contributed by atoms with Crippen LogP contribution in [-0.4, -0.2) is 23.8 Å². The van der Waals surface area contributed by atoms with Crippen molar-refractivity contribution in [2.75, 3.05) is 13.7 Å². The van der Waals surface area contributed by atoms with Gasteiger partial charge in [0.05, 0.1) is 6.54 Å². The largest absolute Gasteiger partial charge is 0.371 e. The normalized spacial score (nSPS) is 13.2. The van der Waals surface area contributed by atoms with Crippen LogP contribution in [0.25, 0.3) is 0 Å². The highest BCUT2D eigenvalue weighted by Crippen LogP contribution is 2.12. The second-order valence-electron chi connectivity index (χ2n) is 2.67. The predicted molar refractivity (Wildman–Crippen MR) is 47.1 cm³/mol. The average Bonchev–Trinajstić information content (AvgIpc) is 2.54. The molecule has 1 heterocycles. The van der Waals surface area contributed by atoms with Crippen LogP contribution in [0.4, 0.5) is 0 Å². The maximum Gasteiger partial charge on any atom is 0.240 e. The van der Waals surface area contributed by atoms with E-state index in [0.29, 0.717) is 24.9 Å². The Bertz CT molecular complexity index is 249. The molecule has 0 amide bonds. The average molecular weight is 185 g/mol. The Morgan fingerprint density at radius 1 is 1.62 bits per heavy atom. The first-order chi connectivity index (χ1) is 6.27. The fourth-order valence-electron chi connectivity index (χ4n) is 0.981. The number of nitrogens with one attached hydrogen (secondary N) is 1. The van der Waals surface area contributed by atoms with Gasteiger partial charge in [0.15, 0.2) is 5.82 Å². The van der Waals surface area contributed by atoms with Gasteiger partial charge in [0.25, 0.3) is 0 Å². The minimum Gasteiger partial charge on any atom is -0.371 e. The van der Waals surface area contributed by atoms with Crippen molar-refractivity contribution in [3.8, 4) is 0 Å². The highest BCUT2D eigenvalue weighted by atomic mass is 16.5. The summed E-state index contributed by atoms with van der Waals surface area (Å²) in [4.78, 5) is 4.15. The van der Waals surface area contributed by atoms with Gasteiger partial charge in [-0.3, -0.25) is 0 Å². The number of hydrogen-bond donors (Lipinski definition) is 1. The van der Waals surface area contributed by atoms with Crippen molar-refractivity contribution in [1.29, 1.82) is 0 Å². The van der Waals surface area contributed by atoms with Gasteiger partial charge in [0.2, 0.25) is 5.89 Å². The standard InChI is InChI=1S/C8H15N3O2/c1-4-12-6(2)8-10-7(5-9-3)13-11-8/h6,9H,4-5H2,1-3H3/t6-/m1/s1. The van der Waals surface area contributed by atoms with Crippen molar-refractivity contribution in [2.45, 2.75) is 26.5 Å². The lowest BCUT2D eigenvalue weighted by Crippen LogP contribution is -2.06. The lowest BCUT2D eigenvalue weighted by Gasteiger charge is -2.04. The summed E-state index contributed by atoms with van der Waals surface area (Å²) >= 11 is 0. The number of hydrogen-bond acceptors (Lipinski definition) is 5. The van der Waals surface area contributed by atoms with E-state index in [-0.39, 0.29) is 6.10 Å². The third kappa shape index (κ3) is 2.78. The zero-order valence-electron chi connectivity index (χ0n) is 8.20. The molecule has 0 fully saturated rings. The van der Waals surface area contributed by atoms with Crippen LogP contribution in [0.1, 0.15) is 31.7 Å². The van der Waals surface area contributed by atoms with E-state index in [1.807, 2.05) is 20.9 Å². The highest BCUT2D eigenvalue weighted by molar-refractivity contribution is 4.89. The van der Waals surface area contributed by atoms with Gasteiger partial charge in [-0.25, -0.2) is 0 Å². The van der Waals surface area contributed by atoms with Gasteiger partial charge in [-0.15, -0.1) is 0 Å². The van der Waals surface area contributed by atoms with Gasteiger partial charge in [0, 0.05) is 6.61 Å². The van der Waals surface area contributed by atoms with E-state index in [4.69, 9.17) is 9.26 Å². The molecule has 0 radical (unpaired) electrons. The number of ether oxygens (including phenoxy) is 1. The van der Waals surface area contributed by atoms with E-state index in [1.165, 1.54) is 0 Å². The summed E-state index contributed by atoms with van der Waals surface area (Å²) in [6, 6.07) is 0. The first-order valence-electron chi connectivity index (χ1n) is 4.36. The Kier molecular flexibility index (Phi) is 3.85. The van der Waals surface area contributed by atoms with Crippen LogP contribution >= 0.6 is 0 Å². The Balaban J connectivity index is 2.56. The number of aromatic nitrogens is 2. The molecule has 1 N–H and O–H groups in total. The zero-order chi connectivity index (χ0) is 9.68. The third-order valence-electron chi connectivity index (χ3n) is 1.59. The van der Waals surface area contributed by atoms with E-state index >= 15 is 0 Å². The summed E-state index contributed by atoms with van der Waals surface area (Å²) in [6.07, 6.45) is -0.0978. The minimum absolute atomic E-state index is 0.0978. The van der Waals surface area contributed by atoms with Crippen LogP contribution in [0, 0.1) is 0 Å². The van der Waals surface area contributed by atoms with Crippen molar-refractivity contribution in [2.24, 2.45) is 0 Å². The molecule has 0 aliphatic carbocycles. The van der Waals surface area contributed by atoms with Crippen LogP contribution in [0.15, 0.2) is 4.52 Å². The Hall–Kier alpha value is -0.940. The van der Waals surface area contributed by atoms with Crippen LogP contribution in [0.2, 0.25) is 0 Å². The maximum atomic E-state index is 5.31. The quantitative estimate of drug-likeness (QED) is 0.738. The van der Waals surface area contributed by atoms with Crippen molar-refractivity contribution in [3.63, 3.8) is 0 Å². The molecule has 0 unspecified atom stereocenters. The monoisotopic (exact) mass is 185 g/mol. The highest BCUT2D eigenvalue weighted by Gasteiger charge is 2.12. The van der Waals surface area contributed by atoms with Crippen molar-refractivity contribution < 1.29 is 9.26 Å². The second kappa shape index (κ2) is 4.94. The van der Waals surface area contributed by atoms with Gasteiger partial charge in [-0.2, -0.15) is 4.98 Å². The van der Waals surface area contributed by atoms with Crippen LogP contribution in [-0.2, 0) is 11.3 Å². The van der Waals surface area contributed by atoms with Crippen molar-refractivity contribution >= 4 is 0 Å². The van der Waals surface area contributed by atoms with Gasteiger partial charge in [-0.1, -0.05) is 5.16 Å². The summed E-state index contributed by atoms with van der Waals surface area (Å²) in [5.74, 6) is 1.19. The Labute approximate surface area is 77.5 Å². The SMILES string of the molecule is CCO[C@H](C)c1noc(CNC)n1. The minimum atomic E-state index is -0.0978. The summed E-state index contributed by atoms with van der Waals surface area (Å²) in [5.41, 5.74) is 0. The van der Waals surface area contributed by atoms with Gasteiger partial charge < -0.3 is 14.6 Å². The molecular formula is C8H15N3O2. The van der Waals surface area contributed by atoms with Gasteiger partial charge in [-0.05, 0) is 20.9 Å². The van der Waals surface area contributed by atoms with E-state index in [2.05, 4.69) is 15.5 Å². The molecule has 74 valence electrons. The molecule has 0 aliphatic rings. The Morgan fingerprint density at radius 3 is 3.00 bits per heavy atom. The fraction of sp³-hybridized carbons (Fsp3) is 0.750. The molecule has 0 aromatic carbocycles. The number of rotatable bonds is 5. The van der Waals surface area contributed by atoms with E-state index in [1.54, 1.807) is 0 Å². The predicted octanol–water partition coefficient (Wildman–Crippen LogP) is 0.886. The van der Waals surface area contributed by atoms with Gasteiger partial charge >= 0.3 is 0 Å². The first-order valence-corrected chi connectivity index (χ1v) is 4.36. The smallest absolute Gasteiger partial charge is 0.240 e. The van der Waals surface area contributed by atoms with Crippen molar-refractivity contribution in [3.05, 3.63) is 11.7 Å². The zero-order valence-corrected chi connectivity index (χ0v) is 8.20. The molecule has 1 aromatic rings. The topological polar surface area (TPSA) is 60.2 Å². The molecule has 1 rings (SSSR count). The van der Waals surface area contributed by atoms with E-state index in [9.17, 15) is 0 Å². The molecule has 0 aliphatic heterocycles. The molecule has 5 nitrogen and oxygen atoms in total. The summed E-state index contributed by atoms with van der Waals surface area (Å²) in [7, 11) is 1.83. The maximum absolute atomic E-state index is 5.31. The molecule has 0 saturated heterocycles. The molecule has 0 saturated carbocycles. The summed E-state index contributed by atoms with van der Waals surface area (Å²) < 4.78 is 10.3. The molecule has 13 heavy (non-hydrogen) atoms. The van der Waals surface area contributed by atoms with E-state index in [0.717, 1.165) is 0 Å². The van der Waals surface area contributed by atoms with Crippen LogP contribution in [0.3, 0.4) is 0 Å². The lowest BCUT2D eigenvalue weighted by atomic mass is 10.4. The van der Waals surface area contributed by atoms with Crippen LogP contribution < -0.4 is 5.32 Å².